The summed E-state index contributed by atoms with van der Waals surface area (Å²) in [7, 11) is 0. The number of hydrogen-bond donors (Lipinski definition) is 0. The van der Waals surface area contributed by atoms with Crippen LogP contribution < -0.4 is 0 Å². The highest BCUT2D eigenvalue weighted by Crippen LogP contribution is 2.15. The zero-order valence-electron chi connectivity index (χ0n) is 6.25. The maximum absolute atomic E-state index is 5.36. The number of nitrogens with zero attached hydrogens (tertiary/aromatic N) is 2. The topological polar surface area (TPSA) is 34.0 Å². The molecule has 2 heterocycles. The third-order valence-corrected chi connectivity index (χ3v) is 2.53. The first-order valence-electron chi connectivity index (χ1n) is 3.82. The fourth-order valence-corrected chi connectivity index (χ4v) is 1.86. The minimum atomic E-state index is 0.777. The molecule has 0 atom stereocenters. The molecule has 0 unspecified atom stereocenters. The lowest BCUT2D eigenvalue weighted by molar-refractivity contribution is 0.289. The van der Waals surface area contributed by atoms with E-state index in [9.17, 15) is 0 Å². The van der Waals surface area contributed by atoms with E-state index in [0.29, 0.717) is 0 Å². The van der Waals surface area contributed by atoms with Crippen LogP contribution in [0.5, 0.6) is 0 Å². The number of hydrogen-bond acceptors (Lipinski definition) is 4. The summed E-state index contributed by atoms with van der Waals surface area (Å²) in [5.74, 6) is 1.86. The van der Waals surface area contributed by atoms with Crippen molar-refractivity contribution in [1.29, 1.82) is 0 Å². The van der Waals surface area contributed by atoms with Crippen molar-refractivity contribution in [3.8, 4) is 0 Å². The predicted octanol–water partition coefficient (Wildman–Crippen LogP) is 0.951. The molecule has 0 radical (unpaired) electrons. The van der Waals surface area contributed by atoms with Crippen molar-refractivity contribution in [2.45, 2.75) is 6.42 Å². The molecule has 0 spiro atoms. The van der Waals surface area contributed by atoms with E-state index in [2.05, 4.69) is 9.98 Å². The van der Waals surface area contributed by atoms with Gasteiger partial charge in [0.25, 0.3) is 0 Å². The van der Waals surface area contributed by atoms with Crippen molar-refractivity contribution in [1.82, 2.24) is 0 Å². The summed E-state index contributed by atoms with van der Waals surface area (Å²) >= 11 is 1.74. The number of aliphatic imine (C=N–C) groups is 2. The Morgan fingerprint density at radius 2 is 2.27 bits per heavy atom. The third-order valence-electron chi connectivity index (χ3n) is 1.57. The second-order valence-electron chi connectivity index (χ2n) is 2.42. The van der Waals surface area contributed by atoms with Gasteiger partial charge in [0.1, 0.15) is 0 Å². The molecule has 0 fully saturated rings. The van der Waals surface area contributed by atoms with Crippen molar-refractivity contribution in [3.63, 3.8) is 0 Å². The molecule has 0 saturated heterocycles. The van der Waals surface area contributed by atoms with Gasteiger partial charge in [-0.1, -0.05) is 11.8 Å². The SMILES string of the molecule is C1CN=C(C2=NCCS2)OC1. The van der Waals surface area contributed by atoms with Gasteiger partial charge in [0, 0.05) is 25.3 Å². The fourth-order valence-electron chi connectivity index (χ4n) is 1.05. The molecule has 0 aliphatic carbocycles. The molecule has 11 heavy (non-hydrogen) atoms. The van der Waals surface area contributed by atoms with Crippen molar-refractivity contribution < 1.29 is 4.74 Å². The second-order valence-corrected chi connectivity index (χ2v) is 3.51. The van der Waals surface area contributed by atoms with E-state index < -0.39 is 0 Å². The Kier molecular flexibility index (Phi) is 2.12. The molecule has 0 aromatic rings. The highest BCUT2D eigenvalue weighted by atomic mass is 32.2. The molecular weight excluding hydrogens is 160 g/mol. The Bertz CT molecular complexity index is 212. The Morgan fingerprint density at radius 1 is 1.27 bits per heavy atom. The summed E-state index contributed by atoms with van der Waals surface area (Å²) in [6.07, 6.45) is 1.04. The van der Waals surface area contributed by atoms with Crippen LogP contribution in [0.3, 0.4) is 0 Å². The maximum Gasteiger partial charge on any atom is 0.241 e. The highest BCUT2D eigenvalue weighted by Gasteiger charge is 2.17. The molecule has 2 rings (SSSR count). The number of ether oxygens (including phenoxy) is 1. The quantitative estimate of drug-likeness (QED) is 0.587. The first-order valence-corrected chi connectivity index (χ1v) is 4.80. The van der Waals surface area contributed by atoms with Crippen LogP contribution in [0.2, 0.25) is 0 Å². The molecule has 60 valence electrons. The molecule has 0 saturated carbocycles. The fraction of sp³-hybridized carbons (Fsp3) is 0.714. The van der Waals surface area contributed by atoms with Crippen LogP contribution in [-0.2, 0) is 4.74 Å². The summed E-state index contributed by atoms with van der Waals surface area (Å²) in [5, 5.41) is 1.00. The molecule has 0 amide bonds. The normalized spacial score (nSPS) is 24.0. The lowest BCUT2D eigenvalue weighted by Crippen LogP contribution is -2.19. The first-order chi connectivity index (χ1) is 5.47. The van der Waals surface area contributed by atoms with Gasteiger partial charge in [-0.2, -0.15) is 0 Å². The van der Waals surface area contributed by atoms with Crippen LogP contribution in [-0.4, -0.2) is 36.4 Å². The third kappa shape index (κ3) is 1.56. The van der Waals surface area contributed by atoms with Crippen LogP contribution in [0.1, 0.15) is 6.42 Å². The van der Waals surface area contributed by atoms with Gasteiger partial charge in [0.15, 0.2) is 5.04 Å². The summed E-state index contributed by atoms with van der Waals surface area (Å²) in [6, 6.07) is 0. The number of rotatable bonds is 1. The van der Waals surface area contributed by atoms with Gasteiger partial charge in [0.2, 0.25) is 5.90 Å². The summed E-state index contributed by atoms with van der Waals surface area (Å²) in [5.41, 5.74) is 0. The Labute approximate surface area is 69.9 Å². The summed E-state index contributed by atoms with van der Waals surface area (Å²) in [4.78, 5) is 8.54. The van der Waals surface area contributed by atoms with Gasteiger partial charge in [-0.3, -0.25) is 4.99 Å². The Hall–Kier alpha value is -0.510. The standard InChI is InChI=1S/C7H10N2OS/c1-2-8-6(10-4-1)7-9-3-5-11-7/h1-5H2. The predicted molar refractivity (Wildman–Crippen MR) is 47.6 cm³/mol. The van der Waals surface area contributed by atoms with Gasteiger partial charge < -0.3 is 4.74 Å². The van der Waals surface area contributed by atoms with Crippen molar-refractivity contribution in [2.75, 3.05) is 25.4 Å². The van der Waals surface area contributed by atoms with Crippen LogP contribution in [0.25, 0.3) is 0 Å². The average Bonchev–Trinajstić information content (AvgIpc) is 2.58. The Morgan fingerprint density at radius 3 is 2.91 bits per heavy atom. The van der Waals surface area contributed by atoms with E-state index in [4.69, 9.17) is 4.74 Å². The second kappa shape index (κ2) is 3.26. The smallest absolute Gasteiger partial charge is 0.241 e. The lowest BCUT2D eigenvalue weighted by Gasteiger charge is -2.12. The molecular formula is C7H10N2OS. The van der Waals surface area contributed by atoms with Crippen molar-refractivity contribution >= 4 is 22.7 Å². The van der Waals surface area contributed by atoms with E-state index in [-0.39, 0.29) is 0 Å². The van der Waals surface area contributed by atoms with Gasteiger partial charge >= 0.3 is 0 Å². The molecule has 0 N–H and O–H groups in total. The maximum atomic E-state index is 5.36. The Balaban J connectivity index is 2.07. The summed E-state index contributed by atoms with van der Waals surface area (Å²) < 4.78 is 5.36. The van der Waals surface area contributed by atoms with Crippen LogP contribution in [0.15, 0.2) is 9.98 Å². The molecule has 3 nitrogen and oxygen atoms in total. The monoisotopic (exact) mass is 170 g/mol. The van der Waals surface area contributed by atoms with Gasteiger partial charge in [-0.15, -0.1) is 0 Å². The number of thioether (sulfide) groups is 1. The first kappa shape index (κ1) is 7.16. The minimum Gasteiger partial charge on any atom is -0.476 e. The average molecular weight is 170 g/mol. The van der Waals surface area contributed by atoms with E-state index in [1.54, 1.807) is 11.8 Å². The molecule has 0 aromatic heterocycles. The largest absolute Gasteiger partial charge is 0.476 e. The van der Waals surface area contributed by atoms with Crippen molar-refractivity contribution in [2.24, 2.45) is 9.98 Å². The lowest BCUT2D eigenvalue weighted by atomic mass is 10.4. The minimum absolute atomic E-state index is 0.777. The van der Waals surface area contributed by atoms with E-state index in [1.807, 2.05) is 0 Å². The van der Waals surface area contributed by atoms with E-state index in [1.165, 1.54) is 0 Å². The molecule has 0 aromatic carbocycles. The van der Waals surface area contributed by atoms with Crippen LogP contribution in [0, 0.1) is 0 Å². The molecule has 2 aliphatic heterocycles. The molecule has 0 bridgehead atoms. The molecule has 2 aliphatic rings. The van der Waals surface area contributed by atoms with Gasteiger partial charge in [0.05, 0.1) is 6.61 Å². The van der Waals surface area contributed by atoms with E-state index in [0.717, 1.165) is 42.8 Å². The van der Waals surface area contributed by atoms with Crippen molar-refractivity contribution in [3.05, 3.63) is 0 Å². The zero-order chi connectivity index (χ0) is 7.52. The van der Waals surface area contributed by atoms with Gasteiger partial charge in [-0.05, 0) is 0 Å². The van der Waals surface area contributed by atoms with Crippen LogP contribution in [0.4, 0.5) is 0 Å². The molecule has 4 heteroatoms. The highest BCUT2D eigenvalue weighted by molar-refractivity contribution is 8.16. The zero-order valence-corrected chi connectivity index (χ0v) is 7.06. The summed E-state index contributed by atoms with van der Waals surface area (Å²) in [6.45, 7) is 2.62. The van der Waals surface area contributed by atoms with Crippen LogP contribution >= 0.6 is 11.8 Å². The van der Waals surface area contributed by atoms with E-state index >= 15 is 0 Å². The van der Waals surface area contributed by atoms with Gasteiger partial charge in [-0.25, -0.2) is 4.99 Å².